The first-order valence-electron chi connectivity index (χ1n) is 5.54. The molecule has 0 aliphatic rings. The van der Waals surface area contributed by atoms with Crippen LogP contribution in [0.25, 0.3) is 0 Å². The zero-order chi connectivity index (χ0) is 14.7. The summed E-state index contributed by atoms with van der Waals surface area (Å²) in [5.74, 6) is -0.534. The maximum absolute atomic E-state index is 11.5. The number of nitro benzene ring substituents is 1. The van der Waals surface area contributed by atoms with E-state index in [2.05, 4.69) is 9.84 Å². The number of benzene rings is 1. The molecule has 1 aromatic heterocycles. The fraction of sp³-hybridized carbons (Fsp3) is 0.167. The van der Waals surface area contributed by atoms with Gasteiger partial charge in [0.25, 0.3) is 5.69 Å². The summed E-state index contributed by atoms with van der Waals surface area (Å²) in [4.78, 5) is 23.1. The van der Waals surface area contributed by atoms with E-state index in [1.807, 2.05) is 0 Å². The minimum absolute atomic E-state index is 0.0634. The molecule has 0 aliphatic heterocycles. The van der Waals surface area contributed by atoms with Crippen LogP contribution in [-0.4, -0.2) is 27.8 Å². The summed E-state index contributed by atoms with van der Waals surface area (Å²) < 4.78 is 6.21. The highest BCUT2D eigenvalue weighted by Crippen LogP contribution is 2.35. The van der Waals surface area contributed by atoms with Crippen molar-refractivity contribution in [2.45, 2.75) is 9.79 Å². The van der Waals surface area contributed by atoms with E-state index in [1.54, 1.807) is 24.1 Å². The van der Waals surface area contributed by atoms with Crippen LogP contribution in [0.3, 0.4) is 0 Å². The Morgan fingerprint density at radius 3 is 2.80 bits per heavy atom. The van der Waals surface area contributed by atoms with Gasteiger partial charge in [-0.3, -0.25) is 14.8 Å². The molecule has 0 saturated heterocycles. The quantitative estimate of drug-likeness (QED) is 0.488. The molecule has 0 aliphatic carbocycles. The van der Waals surface area contributed by atoms with Crippen molar-refractivity contribution in [3.05, 3.63) is 46.3 Å². The topological polar surface area (TPSA) is 87.3 Å². The second kappa shape index (κ2) is 5.74. The van der Waals surface area contributed by atoms with Crippen LogP contribution in [0.1, 0.15) is 10.4 Å². The van der Waals surface area contributed by atoms with E-state index in [0.717, 1.165) is 4.90 Å². The first kappa shape index (κ1) is 14.1. The van der Waals surface area contributed by atoms with Crippen molar-refractivity contribution in [1.82, 2.24) is 9.78 Å². The number of hydrogen-bond acceptors (Lipinski definition) is 6. The molecule has 0 unspecified atom stereocenters. The molecule has 1 aromatic carbocycles. The minimum Gasteiger partial charge on any atom is -0.465 e. The Hall–Kier alpha value is -2.35. The number of methoxy groups -OCH3 is 1. The lowest BCUT2D eigenvalue weighted by Crippen LogP contribution is -2.02. The van der Waals surface area contributed by atoms with Gasteiger partial charge in [0, 0.05) is 19.3 Å². The Morgan fingerprint density at radius 2 is 2.25 bits per heavy atom. The maximum Gasteiger partial charge on any atom is 0.337 e. The highest BCUT2D eigenvalue weighted by Gasteiger charge is 2.18. The van der Waals surface area contributed by atoms with Gasteiger partial charge in [-0.05, 0) is 12.1 Å². The largest absolute Gasteiger partial charge is 0.465 e. The van der Waals surface area contributed by atoms with Gasteiger partial charge in [-0.1, -0.05) is 11.8 Å². The fourth-order valence-corrected chi connectivity index (χ4v) is 2.56. The van der Waals surface area contributed by atoms with Crippen molar-refractivity contribution in [1.29, 1.82) is 0 Å². The normalized spacial score (nSPS) is 10.3. The summed E-state index contributed by atoms with van der Waals surface area (Å²) in [7, 11) is 3.01. The third kappa shape index (κ3) is 2.97. The van der Waals surface area contributed by atoms with Crippen LogP contribution in [0.5, 0.6) is 0 Å². The van der Waals surface area contributed by atoms with Gasteiger partial charge in [-0.15, -0.1) is 0 Å². The van der Waals surface area contributed by atoms with Crippen LogP contribution in [0, 0.1) is 10.1 Å². The van der Waals surface area contributed by atoms with Crippen LogP contribution in [0.4, 0.5) is 5.69 Å². The monoisotopic (exact) mass is 293 g/mol. The number of carbonyl (C=O) groups is 1. The van der Waals surface area contributed by atoms with Crippen molar-refractivity contribution in [3.63, 3.8) is 0 Å². The highest BCUT2D eigenvalue weighted by molar-refractivity contribution is 7.99. The van der Waals surface area contributed by atoms with Crippen LogP contribution in [-0.2, 0) is 11.8 Å². The third-order valence-corrected chi connectivity index (χ3v) is 3.48. The first-order chi connectivity index (χ1) is 9.51. The molecule has 0 fully saturated rings. The average Bonchev–Trinajstić information content (AvgIpc) is 2.82. The number of nitrogens with zero attached hydrogens (tertiary/aromatic N) is 3. The lowest BCUT2D eigenvalue weighted by molar-refractivity contribution is -0.387. The zero-order valence-electron chi connectivity index (χ0n) is 10.8. The maximum atomic E-state index is 11.5. The molecule has 0 atom stereocenters. The molecule has 1 heterocycles. The molecule has 0 amide bonds. The summed E-state index contributed by atoms with van der Waals surface area (Å²) in [5, 5.41) is 15.0. The van der Waals surface area contributed by atoms with Gasteiger partial charge in [0.2, 0.25) is 0 Å². The van der Waals surface area contributed by atoms with Gasteiger partial charge in [0.05, 0.1) is 33.6 Å². The summed E-state index contributed by atoms with van der Waals surface area (Å²) in [6, 6.07) is 4.11. The van der Waals surface area contributed by atoms with E-state index in [0.29, 0.717) is 4.90 Å². The van der Waals surface area contributed by atoms with Gasteiger partial charge >= 0.3 is 5.97 Å². The number of aryl methyl sites for hydroxylation is 1. The number of carbonyl (C=O) groups excluding carboxylic acids is 1. The molecular weight excluding hydrogens is 282 g/mol. The van der Waals surface area contributed by atoms with Crippen molar-refractivity contribution in [2.75, 3.05) is 7.11 Å². The van der Waals surface area contributed by atoms with Crippen LogP contribution >= 0.6 is 11.8 Å². The Morgan fingerprint density at radius 1 is 1.50 bits per heavy atom. The smallest absolute Gasteiger partial charge is 0.337 e. The number of esters is 1. The van der Waals surface area contributed by atoms with E-state index in [9.17, 15) is 14.9 Å². The van der Waals surface area contributed by atoms with Gasteiger partial charge in [0.1, 0.15) is 0 Å². The predicted octanol–water partition coefficient (Wildman–Crippen LogP) is 2.27. The summed E-state index contributed by atoms with van der Waals surface area (Å²) >= 11 is 1.17. The lowest BCUT2D eigenvalue weighted by atomic mass is 10.2. The zero-order valence-corrected chi connectivity index (χ0v) is 11.6. The fourth-order valence-electron chi connectivity index (χ4n) is 1.57. The van der Waals surface area contributed by atoms with Crippen molar-refractivity contribution < 1.29 is 14.5 Å². The predicted molar refractivity (Wildman–Crippen MR) is 71.8 cm³/mol. The molecule has 0 radical (unpaired) electrons. The number of aromatic nitrogens is 2. The SMILES string of the molecule is COC(=O)c1ccc([N+](=O)[O-])c(Sc2cnn(C)c2)c1. The Bertz CT molecular complexity index is 668. The summed E-state index contributed by atoms with van der Waals surface area (Å²) in [6.45, 7) is 0. The molecule has 8 heteroatoms. The van der Waals surface area contributed by atoms with E-state index in [1.165, 1.54) is 37.1 Å². The van der Waals surface area contributed by atoms with E-state index >= 15 is 0 Å². The molecule has 104 valence electrons. The van der Waals surface area contributed by atoms with E-state index < -0.39 is 10.9 Å². The second-order valence-electron chi connectivity index (χ2n) is 3.88. The Labute approximate surface area is 118 Å². The van der Waals surface area contributed by atoms with Gasteiger partial charge in [-0.25, -0.2) is 4.79 Å². The standard InChI is InChI=1S/C12H11N3O4S/c1-14-7-9(6-13-14)20-11-5-8(12(16)19-2)3-4-10(11)15(17)18/h3-7H,1-2H3. The molecule has 7 nitrogen and oxygen atoms in total. The Kier molecular flexibility index (Phi) is 4.04. The van der Waals surface area contributed by atoms with E-state index in [-0.39, 0.29) is 11.3 Å². The summed E-state index contributed by atoms with van der Waals surface area (Å²) in [6.07, 6.45) is 3.33. The van der Waals surface area contributed by atoms with Crippen molar-refractivity contribution in [2.24, 2.45) is 7.05 Å². The van der Waals surface area contributed by atoms with Crippen molar-refractivity contribution in [3.8, 4) is 0 Å². The molecule has 0 saturated carbocycles. The number of nitro groups is 1. The van der Waals surface area contributed by atoms with E-state index in [4.69, 9.17) is 0 Å². The van der Waals surface area contributed by atoms with Crippen molar-refractivity contribution >= 4 is 23.4 Å². The number of ether oxygens (including phenoxy) is 1. The van der Waals surface area contributed by atoms with Crippen LogP contribution in [0.2, 0.25) is 0 Å². The van der Waals surface area contributed by atoms with Crippen LogP contribution < -0.4 is 0 Å². The average molecular weight is 293 g/mol. The first-order valence-corrected chi connectivity index (χ1v) is 6.36. The molecule has 0 N–H and O–H groups in total. The third-order valence-electron chi connectivity index (χ3n) is 2.49. The van der Waals surface area contributed by atoms with Gasteiger partial charge < -0.3 is 4.74 Å². The molecule has 0 spiro atoms. The van der Waals surface area contributed by atoms with Gasteiger partial charge in [0.15, 0.2) is 0 Å². The number of rotatable bonds is 4. The minimum atomic E-state index is -0.534. The molecule has 2 rings (SSSR count). The van der Waals surface area contributed by atoms with Crippen LogP contribution in [0.15, 0.2) is 40.4 Å². The van der Waals surface area contributed by atoms with Gasteiger partial charge in [-0.2, -0.15) is 5.10 Å². The number of hydrogen-bond donors (Lipinski definition) is 0. The Balaban J connectivity index is 2.41. The highest BCUT2D eigenvalue weighted by atomic mass is 32.2. The molecule has 0 bridgehead atoms. The molecular formula is C12H11N3O4S. The summed E-state index contributed by atoms with van der Waals surface area (Å²) in [5.41, 5.74) is 0.205. The lowest BCUT2D eigenvalue weighted by Gasteiger charge is -2.04. The molecule has 20 heavy (non-hydrogen) atoms. The second-order valence-corrected chi connectivity index (χ2v) is 5.00. The molecule has 2 aromatic rings.